The molecule has 1 N–H and O–H groups in total. The quantitative estimate of drug-likeness (QED) is 0.619. The molecular formula is C19H20O3. The lowest BCUT2D eigenvalue weighted by atomic mass is 10.0. The van der Waals surface area contributed by atoms with Gasteiger partial charge in [0.15, 0.2) is 0 Å². The lowest BCUT2D eigenvalue weighted by Gasteiger charge is -2.02. The number of benzene rings is 1. The molecule has 0 unspecified atom stereocenters. The number of carboxylic acids is 1. The fraction of sp³-hybridized carbons (Fsp3) is 0.211. The third kappa shape index (κ3) is 3.76. The zero-order chi connectivity index (χ0) is 16.3. The van der Waals surface area contributed by atoms with Crippen LogP contribution in [0.1, 0.15) is 37.7 Å². The zero-order valence-electron chi connectivity index (χ0n) is 13.1. The van der Waals surface area contributed by atoms with Crippen molar-refractivity contribution >= 4 is 28.6 Å². The van der Waals surface area contributed by atoms with Crippen LogP contribution in [0.4, 0.5) is 0 Å². The van der Waals surface area contributed by atoms with Crippen molar-refractivity contribution in [2.24, 2.45) is 0 Å². The van der Waals surface area contributed by atoms with E-state index in [1.807, 2.05) is 39.0 Å². The number of carboxylic acid groups (broad SMARTS) is 1. The Morgan fingerprint density at radius 2 is 2.00 bits per heavy atom. The number of fused-ring (bicyclic) bond motifs is 1. The van der Waals surface area contributed by atoms with Gasteiger partial charge in [-0.15, -0.1) is 0 Å². The largest absolute Gasteiger partial charge is 0.478 e. The summed E-state index contributed by atoms with van der Waals surface area (Å²) in [5.74, 6) is -0.200. The Morgan fingerprint density at radius 3 is 2.59 bits per heavy atom. The molecule has 3 heteroatoms. The van der Waals surface area contributed by atoms with Crippen molar-refractivity contribution in [1.82, 2.24) is 0 Å². The summed E-state index contributed by atoms with van der Waals surface area (Å²) in [6.45, 7) is 9.91. The van der Waals surface area contributed by atoms with Gasteiger partial charge in [0.05, 0.1) is 0 Å². The van der Waals surface area contributed by atoms with Gasteiger partial charge in [-0.1, -0.05) is 18.2 Å². The summed E-state index contributed by atoms with van der Waals surface area (Å²) in [6.07, 6.45) is 5.62. The first kappa shape index (κ1) is 15.8. The van der Waals surface area contributed by atoms with Gasteiger partial charge in [-0.25, -0.2) is 4.79 Å². The minimum atomic E-state index is -0.958. The minimum absolute atomic E-state index is 0.747. The van der Waals surface area contributed by atoms with E-state index in [-0.39, 0.29) is 0 Å². The van der Waals surface area contributed by atoms with Gasteiger partial charge < -0.3 is 9.52 Å². The summed E-state index contributed by atoms with van der Waals surface area (Å²) in [5.41, 5.74) is 4.82. The van der Waals surface area contributed by atoms with Crippen molar-refractivity contribution in [3.8, 4) is 0 Å². The van der Waals surface area contributed by atoms with Crippen LogP contribution in [0, 0.1) is 0 Å². The topological polar surface area (TPSA) is 50.4 Å². The number of hydrogen-bond acceptors (Lipinski definition) is 2. The Labute approximate surface area is 130 Å². The fourth-order valence-corrected chi connectivity index (χ4v) is 2.19. The van der Waals surface area contributed by atoms with Gasteiger partial charge in [-0.05, 0) is 68.2 Å². The molecule has 0 aliphatic heterocycles. The average molecular weight is 296 g/mol. The minimum Gasteiger partial charge on any atom is -0.478 e. The Morgan fingerprint density at radius 1 is 1.27 bits per heavy atom. The lowest BCUT2D eigenvalue weighted by molar-refractivity contribution is -0.131. The lowest BCUT2D eigenvalue weighted by Crippen LogP contribution is -1.88. The molecule has 0 aliphatic carbocycles. The summed E-state index contributed by atoms with van der Waals surface area (Å²) >= 11 is 0. The molecule has 22 heavy (non-hydrogen) atoms. The highest BCUT2D eigenvalue weighted by Gasteiger charge is 2.10. The smallest absolute Gasteiger partial charge is 0.328 e. The van der Waals surface area contributed by atoms with Gasteiger partial charge in [-0.3, -0.25) is 0 Å². The van der Waals surface area contributed by atoms with E-state index in [1.54, 1.807) is 6.08 Å². The van der Waals surface area contributed by atoms with Gasteiger partial charge in [0, 0.05) is 11.5 Å². The van der Waals surface area contributed by atoms with E-state index in [4.69, 9.17) is 9.52 Å². The highest BCUT2D eigenvalue weighted by Crippen LogP contribution is 2.29. The van der Waals surface area contributed by atoms with E-state index in [2.05, 4.69) is 12.7 Å². The molecular weight excluding hydrogens is 276 g/mol. The number of hydrogen-bond donors (Lipinski definition) is 1. The van der Waals surface area contributed by atoms with Gasteiger partial charge >= 0.3 is 5.97 Å². The van der Waals surface area contributed by atoms with Crippen molar-refractivity contribution in [3.05, 3.63) is 59.4 Å². The Hall–Kier alpha value is -2.55. The van der Waals surface area contributed by atoms with Crippen LogP contribution in [-0.4, -0.2) is 11.1 Å². The zero-order valence-corrected chi connectivity index (χ0v) is 13.1. The monoisotopic (exact) mass is 296 g/mol. The maximum absolute atomic E-state index is 10.7. The third-order valence-corrected chi connectivity index (χ3v) is 3.28. The van der Waals surface area contributed by atoms with Gasteiger partial charge in [0.25, 0.3) is 0 Å². The van der Waals surface area contributed by atoms with Crippen LogP contribution < -0.4 is 0 Å². The maximum Gasteiger partial charge on any atom is 0.328 e. The molecule has 0 saturated heterocycles. The highest BCUT2D eigenvalue weighted by molar-refractivity contribution is 5.89. The predicted molar refractivity (Wildman–Crippen MR) is 90.7 cm³/mol. The number of aliphatic carboxylic acids is 1. The van der Waals surface area contributed by atoms with Crippen LogP contribution in [0.25, 0.3) is 22.6 Å². The normalized spacial score (nSPS) is 11.0. The van der Waals surface area contributed by atoms with E-state index in [1.165, 1.54) is 5.57 Å². The molecule has 114 valence electrons. The highest BCUT2D eigenvalue weighted by atomic mass is 16.4. The van der Waals surface area contributed by atoms with Crippen LogP contribution in [0.2, 0.25) is 0 Å². The molecule has 0 atom stereocenters. The molecule has 0 fully saturated rings. The molecule has 1 aromatic carbocycles. The fourth-order valence-electron chi connectivity index (χ4n) is 2.19. The van der Waals surface area contributed by atoms with Gasteiger partial charge in [0.1, 0.15) is 11.3 Å². The molecule has 0 radical (unpaired) electrons. The molecule has 0 spiro atoms. The summed E-state index contributed by atoms with van der Waals surface area (Å²) in [7, 11) is 0. The van der Waals surface area contributed by atoms with E-state index >= 15 is 0 Å². The second kappa shape index (κ2) is 6.48. The molecule has 0 aliphatic rings. The Balaban J connectivity index is 2.58. The van der Waals surface area contributed by atoms with Crippen LogP contribution in [0.3, 0.4) is 0 Å². The molecule has 1 heterocycles. The second-order valence-electron chi connectivity index (χ2n) is 5.65. The predicted octanol–water partition coefficient (Wildman–Crippen LogP) is 5.07. The Bertz CT molecular complexity index is 784. The molecule has 0 saturated carbocycles. The standard InChI is InChI=1S/C19H20O3/c1-12(2)5-7-15-9-14(6-8-18(20)21)10-16-11-17(13(3)4)22-19(15)16/h5-6,8-11H,3,7H2,1-2,4H3,(H,20,21)/b8-6+. The van der Waals surface area contributed by atoms with E-state index < -0.39 is 5.97 Å². The van der Waals surface area contributed by atoms with Crippen LogP contribution in [0.5, 0.6) is 0 Å². The van der Waals surface area contributed by atoms with Crippen molar-refractivity contribution in [3.63, 3.8) is 0 Å². The van der Waals surface area contributed by atoms with Crippen molar-refractivity contribution in [2.75, 3.05) is 0 Å². The number of furan rings is 1. The molecule has 1 aromatic heterocycles. The summed E-state index contributed by atoms with van der Waals surface area (Å²) in [4.78, 5) is 10.7. The van der Waals surface area contributed by atoms with Crippen molar-refractivity contribution in [2.45, 2.75) is 27.2 Å². The molecule has 0 bridgehead atoms. The summed E-state index contributed by atoms with van der Waals surface area (Å²) < 4.78 is 5.90. The Kier molecular flexibility index (Phi) is 4.66. The third-order valence-electron chi connectivity index (χ3n) is 3.28. The van der Waals surface area contributed by atoms with Gasteiger partial charge in [-0.2, -0.15) is 0 Å². The molecule has 2 aromatic rings. The van der Waals surface area contributed by atoms with Crippen LogP contribution in [-0.2, 0) is 11.2 Å². The number of allylic oxidation sites excluding steroid dienone is 3. The average Bonchev–Trinajstić information content (AvgIpc) is 2.86. The van der Waals surface area contributed by atoms with Crippen LogP contribution >= 0.6 is 0 Å². The van der Waals surface area contributed by atoms with Gasteiger partial charge in [0.2, 0.25) is 0 Å². The maximum atomic E-state index is 10.7. The van der Waals surface area contributed by atoms with E-state index in [0.29, 0.717) is 0 Å². The number of rotatable bonds is 5. The number of carbonyl (C=O) groups is 1. The first-order valence-electron chi connectivity index (χ1n) is 7.13. The van der Waals surface area contributed by atoms with Crippen molar-refractivity contribution in [1.29, 1.82) is 0 Å². The van der Waals surface area contributed by atoms with E-state index in [9.17, 15) is 4.79 Å². The molecule has 2 rings (SSSR count). The first-order chi connectivity index (χ1) is 10.4. The summed E-state index contributed by atoms with van der Waals surface area (Å²) in [6, 6.07) is 5.84. The van der Waals surface area contributed by atoms with Crippen molar-refractivity contribution < 1.29 is 14.3 Å². The first-order valence-corrected chi connectivity index (χ1v) is 7.13. The molecule has 0 amide bonds. The van der Waals surface area contributed by atoms with Crippen LogP contribution in [0.15, 0.2) is 46.9 Å². The molecule has 3 nitrogen and oxygen atoms in total. The SMILES string of the molecule is C=C(C)c1cc2cc(/C=C/C(=O)O)cc(CC=C(C)C)c2o1. The van der Waals surface area contributed by atoms with E-state index in [0.717, 1.165) is 45.9 Å². The second-order valence-corrected chi connectivity index (χ2v) is 5.65. The summed E-state index contributed by atoms with van der Waals surface area (Å²) in [5, 5.41) is 9.74.